The third kappa shape index (κ3) is 7.92. The average molecular weight is 410 g/mol. The van der Waals surface area contributed by atoms with Gasteiger partial charge in [-0.15, -0.1) is 0 Å². The molecule has 4 atom stereocenters. The van der Waals surface area contributed by atoms with Crippen molar-refractivity contribution in [3.63, 3.8) is 0 Å². The fourth-order valence-corrected chi connectivity index (χ4v) is 3.14. The third-order valence-corrected chi connectivity index (χ3v) is 4.65. The molecule has 29 heavy (non-hydrogen) atoms. The predicted molar refractivity (Wildman–Crippen MR) is 102 cm³/mol. The lowest BCUT2D eigenvalue weighted by Crippen LogP contribution is -2.34. The quantitative estimate of drug-likeness (QED) is 0.357. The number of benzene rings is 1. The van der Waals surface area contributed by atoms with Crippen molar-refractivity contribution < 1.29 is 38.8 Å². The van der Waals surface area contributed by atoms with E-state index < -0.39 is 30.2 Å². The number of carboxylic acids is 1. The van der Waals surface area contributed by atoms with Crippen LogP contribution in [0.5, 0.6) is 5.75 Å². The Balaban J connectivity index is 1.75. The molecule has 1 aromatic rings. The van der Waals surface area contributed by atoms with Gasteiger partial charge in [-0.05, 0) is 43.5 Å². The van der Waals surface area contributed by atoms with Crippen LogP contribution in [0.1, 0.15) is 32.1 Å². The standard InChI is InChI=1S/C21H27FO7/c22-14-7-9-16(10-8-14)28-12-15(23)13-29-21-17(18(24)11-19(21)25)5-3-1-2-4-6-20(26)27/h1,3,7-10,15,17,19,21,23,25H,2,4-6,11-13H2,(H,26,27)/b3-1+. The highest BCUT2D eigenvalue weighted by atomic mass is 19.1. The Hall–Kier alpha value is -2.29. The maximum atomic E-state index is 12.9. The van der Waals surface area contributed by atoms with Crippen LogP contribution in [0.4, 0.5) is 4.39 Å². The molecule has 0 saturated heterocycles. The fourth-order valence-electron chi connectivity index (χ4n) is 3.14. The number of hydrogen-bond acceptors (Lipinski definition) is 6. The van der Waals surface area contributed by atoms with E-state index in [0.29, 0.717) is 25.0 Å². The van der Waals surface area contributed by atoms with E-state index in [1.165, 1.54) is 24.3 Å². The van der Waals surface area contributed by atoms with Crippen LogP contribution >= 0.6 is 0 Å². The molecule has 4 unspecified atom stereocenters. The van der Waals surface area contributed by atoms with Gasteiger partial charge in [-0.3, -0.25) is 9.59 Å². The van der Waals surface area contributed by atoms with E-state index >= 15 is 0 Å². The van der Waals surface area contributed by atoms with Crippen molar-refractivity contribution in [3.8, 4) is 5.75 Å². The number of ketones is 1. The monoisotopic (exact) mass is 410 g/mol. The second kappa shape index (κ2) is 11.6. The summed E-state index contributed by atoms with van der Waals surface area (Å²) in [6.45, 7) is -0.189. The number of hydrogen-bond donors (Lipinski definition) is 3. The fraction of sp³-hybridized carbons (Fsp3) is 0.524. The Bertz CT molecular complexity index is 689. The van der Waals surface area contributed by atoms with E-state index in [4.69, 9.17) is 14.6 Å². The van der Waals surface area contributed by atoms with E-state index in [1.807, 2.05) is 6.08 Å². The first-order valence-electron chi connectivity index (χ1n) is 9.62. The zero-order chi connectivity index (χ0) is 21.2. The first-order valence-corrected chi connectivity index (χ1v) is 9.62. The topological polar surface area (TPSA) is 113 Å². The number of aliphatic carboxylic acids is 1. The van der Waals surface area contributed by atoms with Crippen LogP contribution in [0.25, 0.3) is 0 Å². The Kier molecular flexibility index (Phi) is 9.24. The first kappa shape index (κ1) is 23.0. The Morgan fingerprint density at radius 1 is 1.24 bits per heavy atom. The van der Waals surface area contributed by atoms with E-state index in [1.54, 1.807) is 6.08 Å². The molecule has 3 N–H and O–H groups in total. The van der Waals surface area contributed by atoms with Gasteiger partial charge in [-0.2, -0.15) is 0 Å². The highest BCUT2D eigenvalue weighted by Gasteiger charge is 2.41. The van der Waals surface area contributed by atoms with E-state index in [9.17, 15) is 24.2 Å². The minimum atomic E-state index is -0.977. The highest BCUT2D eigenvalue weighted by Crippen LogP contribution is 2.29. The minimum absolute atomic E-state index is 0.00433. The molecular formula is C21H27FO7. The van der Waals surface area contributed by atoms with Crippen molar-refractivity contribution >= 4 is 11.8 Å². The number of aliphatic hydroxyl groups excluding tert-OH is 2. The number of Topliss-reactive ketones (excluding diaryl/α,β-unsaturated/α-hetero) is 1. The molecule has 1 aromatic carbocycles. The van der Waals surface area contributed by atoms with Crippen LogP contribution < -0.4 is 4.74 Å². The summed E-state index contributed by atoms with van der Waals surface area (Å²) in [5.41, 5.74) is 0. The second-order valence-corrected chi connectivity index (χ2v) is 7.05. The molecule has 7 nitrogen and oxygen atoms in total. The van der Waals surface area contributed by atoms with Crippen molar-refractivity contribution in [2.45, 2.75) is 50.4 Å². The highest BCUT2D eigenvalue weighted by molar-refractivity contribution is 5.85. The molecule has 0 bridgehead atoms. The van der Waals surface area contributed by atoms with Crippen LogP contribution in [0, 0.1) is 11.7 Å². The van der Waals surface area contributed by atoms with Gasteiger partial charge in [-0.1, -0.05) is 12.2 Å². The van der Waals surface area contributed by atoms with Crippen molar-refractivity contribution in [2.75, 3.05) is 13.2 Å². The number of allylic oxidation sites excluding steroid dienone is 2. The van der Waals surface area contributed by atoms with Gasteiger partial charge in [0.1, 0.15) is 30.1 Å². The number of carboxylic acid groups (broad SMARTS) is 1. The average Bonchev–Trinajstić information content (AvgIpc) is 2.94. The normalized spacial score (nSPS) is 22.9. The number of rotatable bonds is 12. The first-order chi connectivity index (χ1) is 13.9. The molecule has 1 fully saturated rings. The maximum Gasteiger partial charge on any atom is 0.303 e. The molecule has 0 heterocycles. The van der Waals surface area contributed by atoms with Gasteiger partial charge in [0.2, 0.25) is 0 Å². The molecule has 0 amide bonds. The molecule has 2 rings (SSSR count). The van der Waals surface area contributed by atoms with Crippen molar-refractivity contribution in [3.05, 3.63) is 42.2 Å². The van der Waals surface area contributed by atoms with Crippen molar-refractivity contribution in [2.24, 2.45) is 5.92 Å². The summed E-state index contributed by atoms with van der Waals surface area (Å²) in [6.07, 6.45) is 2.60. The molecule has 1 aliphatic rings. The number of carbonyl (C=O) groups is 2. The number of unbranched alkanes of at least 4 members (excludes halogenated alkanes) is 1. The van der Waals surface area contributed by atoms with Gasteiger partial charge in [0.15, 0.2) is 0 Å². The molecule has 0 aromatic heterocycles. The van der Waals surface area contributed by atoms with Gasteiger partial charge < -0.3 is 24.8 Å². The Morgan fingerprint density at radius 3 is 2.66 bits per heavy atom. The Morgan fingerprint density at radius 2 is 1.97 bits per heavy atom. The zero-order valence-electron chi connectivity index (χ0n) is 16.1. The summed E-state index contributed by atoms with van der Waals surface area (Å²) < 4.78 is 23.8. The molecular weight excluding hydrogens is 383 g/mol. The summed E-state index contributed by atoms with van der Waals surface area (Å²) in [7, 11) is 0. The number of ether oxygens (including phenoxy) is 2. The van der Waals surface area contributed by atoms with E-state index in [-0.39, 0.29) is 37.7 Å². The van der Waals surface area contributed by atoms with E-state index in [2.05, 4.69) is 0 Å². The van der Waals surface area contributed by atoms with Gasteiger partial charge in [0.05, 0.1) is 18.8 Å². The van der Waals surface area contributed by atoms with Crippen molar-refractivity contribution in [1.82, 2.24) is 0 Å². The molecule has 0 radical (unpaired) electrons. The van der Waals surface area contributed by atoms with Crippen LogP contribution in [0.15, 0.2) is 36.4 Å². The molecule has 8 heteroatoms. The van der Waals surface area contributed by atoms with Crippen LogP contribution in [0.3, 0.4) is 0 Å². The molecule has 160 valence electrons. The summed E-state index contributed by atoms with van der Waals surface area (Å²) >= 11 is 0. The van der Waals surface area contributed by atoms with Gasteiger partial charge in [0.25, 0.3) is 0 Å². The summed E-state index contributed by atoms with van der Waals surface area (Å²) in [5.74, 6) is -1.43. The smallest absolute Gasteiger partial charge is 0.303 e. The van der Waals surface area contributed by atoms with Gasteiger partial charge >= 0.3 is 5.97 Å². The summed E-state index contributed by atoms with van der Waals surface area (Å²) in [5, 5.41) is 28.7. The number of carbonyl (C=O) groups excluding carboxylic acids is 1. The van der Waals surface area contributed by atoms with Gasteiger partial charge in [0, 0.05) is 18.8 Å². The van der Waals surface area contributed by atoms with E-state index in [0.717, 1.165) is 0 Å². The number of aliphatic hydroxyl groups is 2. The lowest BCUT2D eigenvalue weighted by Gasteiger charge is -2.22. The van der Waals surface area contributed by atoms with Crippen LogP contribution in [0.2, 0.25) is 0 Å². The molecule has 0 aliphatic heterocycles. The largest absolute Gasteiger partial charge is 0.491 e. The molecule has 1 aliphatic carbocycles. The van der Waals surface area contributed by atoms with Crippen LogP contribution in [-0.4, -0.2) is 58.6 Å². The lowest BCUT2D eigenvalue weighted by molar-refractivity contribution is -0.137. The lowest BCUT2D eigenvalue weighted by atomic mass is 9.99. The van der Waals surface area contributed by atoms with Crippen molar-refractivity contribution in [1.29, 1.82) is 0 Å². The molecule has 0 spiro atoms. The Labute approximate surface area is 168 Å². The number of halogens is 1. The molecule has 1 saturated carbocycles. The summed E-state index contributed by atoms with van der Waals surface area (Å²) in [4.78, 5) is 22.6. The van der Waals surface area contributed by atoms with Gasteiger partial charge in [-0.25, -0.2) is 4.39 Å². The SMILES string of the molecule is O=C(O)CCC/C=C/CC1C(=O)CC(O)C1OCC(O)COc1ccc(F)cc1. The van der Waals surface area contributed by atoms with Crippen LogP contribution in [-0.2, 0) is 14.3 Å². The summed E-state index contributed by atoms with van der Waals surface area (Å²) in [6, 6.07) is 5.39. The minimum Gasteiger partial charge on any atom is -0.491 e. The second-order valence-electron chi connectivity index (χ2n) is 7.05. The maximum absolute atomic E-state index is 12.9. The third-order valence-electron chi connectivity index (χ3n) is 4.65. The predicted octanol–water partition coefficient (Wildman–Crippen LogP) is 2.10. The zero-order valence-corrected chi connectivity index (χ0v) is 16.1.